The number of nitrogens with zero attached hydrogens (tertiary/aromatic N) is 3. The van der Waals surface area contributed by atoms with Crippen LogP contribution in [0.5, 0.6) is 0 Å². The second-order valence-corrected chi connectivity index (χ2v) is 7.63. The molecule has 7 nitrogen and oxygen atoms in total. The first kappa shape index (κ1) is 21.3. The predicted molar refractivity (Wildman–Crippen MR) is 117 cm³/mol. The van der Waals surface area contributed by atoms with Crippen LogP contribution in [-0.2, 0) is 11.3 Å². The molecule has 2 N–H and O–H groups in total. The number of aromatic nitrogens is 3. The standard InChI is InChI=1S/C22H17F2N5O2S/c23-16-5-2-6-17(24)20(16)18-12-32-22(27-18)28-21(31)14-3-1-4-15(11-14)26-19(30)7-9-29-10-8-25-13-29/h1-6,8,10-13H,7,9H2,(H,26,30)(H,27,28,31). The van der Waals surface area contributed by atoms with E-state index in [1.54, 1.807) is 41.5 Å². The van der Waals surface area contributed by atoms with Gasteiger partial charge in [-0.25, -0.2) is 18.7 Å². The van der Waals surface area contributed by atoms with Crippen molar-refractivity contribution >= 4 is 34.0 Å². The van der Waals surface area contributed by atoms with Gasteiger partial charge >= 0.3 is 0 Å². The monoisotopic (exact) mass is 453 g/mol. The van der Waals surface area contributed by atoms with Gasteiger partial charge in [-0.3, -0.25) is 14.9 Å². The second kappa shape index (κ2) is 9.48. The maximum atomic E-state index is 14.0. The molecule has 0 aliphatic carbocycles. The molecule has 0 atom stereocenters. The molecule has 4 rings (SSSR count). The largest absolute Gasteiger partial charge is 0.337 e. The number of amides is 2. The minimum absolute atomic E-state index is 0.0970. The molecular formula is C22H17F2N5O2S. The third-order valence-electron chi connectivity index (χ3n) is 4.51. The van der Waals surface area contributed by atoms with E-state index in [-0.39, 0.29) is 28.7 Å². The van der Waals surface area contributed by atoms with Crippen LogP contribution in [0.25, 0.3) is 11.3 Å². The van der Waals surface area contributed by atoms with Crippen molar-refractivity contribution in [2.75, 3.05) is 10.6 Å². The maximum absolute atomic E-state index is 14.0. The molecule has 32 heavy (non-hydrogen) atoms. The Morgan fingerprint density at radius 1 is 1.06 bits per heavy atom. The molecule has 0 unspecified atom stereocenters. The van der Waals surface area contributed by atoms with Crippen LogP contribution >= 0.6 is 11.3 Å². The van der Waals surface area contributed by atoms with Crippen molar-refractivity contribution in [3.63, 3.8) is 0 Å². The van der Waals surface area contributed by atoms with E-state index in [1.807, 2.05) is 0 Å². The second-order valence-electron chi connectivity index (χ2n) is 6.77. The van der Waals surface area contributed by atoms with Gasteiger partial charge in [-0.1, -0.05) is 12.1 Å². The Hall–Kier alpha value is -3.92. The zero-order chi connectivity index (χ0) is 22.5. The summed E-state index contributed by atoms with van der Waals surface area (Å²) >= 11 is 1.05. The number of imidazole rings is 1. The fourth-order valence-electron chi connectivity index (χ4n) is 2.97. The number of hydrogen-bond acceptors (Lipinski definition) is 5. The van der Waals surface area contributed by atoms with Gasteiger partial charge in [-0.15, -0.1) is 11.3 Å². The van der Waals surface area contributed by atoms with Crippen LogP contribution in [0.3, 0.4) is 0 Å². The topological polar surface area (TPSA) is 88.9 Å². The first-order valence-electron chi connectivity index (χ1n) is 9.56. The Kier molecular flexibility index (Phi) is 6.31. The Bertz CT molecular complexity index is 1240. The number of aryl methyl sites for hydroxylation is 1. The van der Waals surface area contributed by atoms with Crippen molar-refractivity contribution in [1.82, 2.24) is 14.5 Å². The average Bonchev–Trinajstić information content (AvgIpc) is 3.45. The molecule has 162 valence electrons. The van der Waals surface area contributed by atoms with Crippen molar-refractivity contribution in [2.24, 2.45) is 0 Å². The van der Waals surface area contributed by atoms with Gasteiger partial charge in [0.1, 0.15) is 11.6 Å². The third-order valence-corrected chi connectivity index (χ3v) is 5.27. The Labute approximate surface area is 185 Å². The number of hydrogen-bond donors (Lipinski definition) is 2. The summed E-state index contributed by atoms with van der Waals surface area (Å²) in [5.41, 5.74) is 0.622. The molecular weight excluding hydrogens is 436 g/mol. The van der Waals surface area contributed by atoms with E-state index in [0.717, 1.165) is 23.5 Å². The molecule has 0 aliphatic rings. The van der Waals surface area contributed by atoms with Crippen molar-refractivity contribution in [3.8, 4) is 11.3 Å². The first-order valence-corrected chi connectivity index (χ1v) is 10.4. The smallest absolute Gasteiger partial charge is 0.257 e. The number of benzene rings is 2. The van der Waals surface area contributed by atoms with E-state index in [1.165, 1.54) is 17.5 Å². The summed E-state index contributed by atoms with van der Waals surface area (Å²) in [7, 11) is 0. The van der Waals surface area contributed by atoms with Crippen molar-refractivity contribution in [3.05, 3.63) is 83.8 Å². The van der Waals surface area contributed by atoms with Crippen LogP contribution in [-0.4, -0.2) is 26.3 Å². The number of carbonyl (C=O) groups excluding carboxylic acids is 2. The lowest BCUT2D eigenvalue weighted by Gasteiger charge is -2.08. The molecule has 0 bridgehead atoms. The van der Waals surface area contributed by atoms with Crippen LogP contribution < -0.4 is 10.6 Å². The fourth-order valence-corrected chi connectivity index (χ4v) is 3.67. The number of thiazole rings is 1. The number of carbonyl (C=O) groups is 2. The van der Waals surface area contributed by atoms with Gasteiger partial charge in [0.05, 0.1) is 17.6 Å². The summed E-state index contributed by atoms with van der Waals surface area (Å²) in [4.78, 5) is 32.8. The predicted octanol–water partition coefficient (Wildman–Crippen LogP) is 4.57. The molecule has 0 saturated carbocycles. The maximum Gasteiger partial charge on any atom is 0.257 e. The molecule has 2 aromatic heterocycles. The van der Waals surface area contributed by atoms with E-state index in [4.69, 9.17) is 0 Å². The number of halogens is 2. The lowest BCUT2D eigenvalue weighted by molar-refractivity contribution is -0.116. The lowest BCUT2D eigenvalue weighted by Crippen LogP contribution is -2.15. The van der Waals surface area contributed by atoms with Crippen molar-refractivity contribution in [2.45, 2.75) is 13.0 Å². The number of nitrogens with one attached hydrogen (secondary N) is 2. The van der Waals surface area contributed by atoms with E-state index in [0.29, 0.717) is 17.8 Å². The van der Waals surface area contributed by atoms with Crippen molar-refractivity contribution < 1.29 is 18.4 Å². The highest BCUT2D eigenvalue weighted by molar-refractivity contribution is 7.14. The molecule has 2 heterocycles. The summed E-state index contributed by atoms with van der Waals surface area (Å²) in [6, 6.07) is 10.00. The van der Waals surface area contributed by atoms with E-state index < -0.39 is 17.5 Å². The summed E-state index contributed by atoms with van der Waals surface area (Å²) in [6.45, 7) is 0.487. The highest BCUT2D eigenvalue weighted by atomic mass is 32.1. The summed E-state index contributed by atoms with van der Waals surface area (Å²) in [5, 5.41) is 7.03. The summed E-state index contributed by atoms with van der Waals surface area (Å²) < 4.78 is 29.7. The van der Waals surface area contributed by atoms with Crippen LogP contribution in [0.1, 0.15) is 16.8 Å². The van der Waals surface area contributed by atoms with Crippen LogP contribution in [0.4, 0.5) is 19.6 Å². The van der Waals surface area contributed by atoms with Crippen molar-refractivity contribution in [1.29, 1.82) is 0 Å². The normalized spacial score (nSPS) is 10.7. The van der Waals surface area contributed by atoms with Crippen LogP contribution in [0.15, 0.2) is 66.6 Å². The first-order chi connectivity index (χ1) is 15.5. The zero-order valence-electron chi connectivity index (χ0n) is 16.6. The SMILES string of the molecule is O=C(CCn1ccnc1)Nc1cccc(C(=O)Nc2nc(-c3c(F)cccc3F)cs2)c1. The average molecular weight is 453 g/mol. The summed E-state index contributed by atoms with van der Waals surface area (Å²) in [5.74, 6) is -2.13. The number of rotatable bonds is 7. The highest BCUT2D eigenvalue weighted by Crippen LogP contribution is 2.29. The fraction of sp³-hybridized carbons (Fsp3) is 0.0909. The highest BCUT2D eigenvalue weighted by Gasteiger charge is 2.16. The zero-order valence-corrected chi connectivity index (χ0v) is 17.4. The molecule has 2 aromatic carbocycles. The Morgan fingerprint density at radius 3 is 2.59 bits per heavy atom. The quantitative estimate of drug-likeness (QED) is 0.429. The Balaban J connectivity index is 1.40. The minimum Gasteiger partial charge on any atom is -0.337 e. The lowest BCUT2D eigenvalue weighted by atomic mass is 10.1. The summed E-state index contributed by atoms with van der Waals surface area (Å²) in [6.07, 6.45) is 5.28. The van der Waals surface area contributed by atoms with Gasteiger partial charge in [-0.05, 0) is 30.3 Å². The van der Waals surface area contributed by atoms with Gasteiger partial charge in [0.15, 0.2) is 5.13 Å². The van der Waals surface area contributed by atoms with Crippen LogP contribution in [0, 0.1) is 11.6 Å². The van der Waals surface area contributed by atoms with E-state index >= 15 is 0 Å². The Morgan fingerprint density at radius 2 is 1.84 bits per heavy atom. The molecule has 0 fully saturated rings. The molecule has 0 spiro atoms. The minimum atomic E-state index is -0.732. The number of anilines is 2. The van der Waals surface area contributed by atoms with Gasteiger partial charge in [0.25, 0.3) is 5.91 Å². The molecule has 0 aliphatic heterocycles. The molecule has 4 aromatic rings. The van der Waals surface area contributed by atoms with Gasteiger partial charge in [0, 0.05) is 42.0 Å². The molecule has 0 saturated heterocycles. The molecule has 0 radical (unpaired) electrons. The molecule has 10 heteroatoms. The van der Waals surface area contributed by atoms with Gasteiger partial charge in [0.2, 0.25) is 5.91 Å². The van der Waals surface area contributed by atoms with E-state index in [2.05, 4.69) is 20.6 Å². The van der Waals surface area contributed by atoms with Gasteiger partial charge < -0.3 is 9.88 Å². The third kappa shape index (κ3) is 5.03. The van der Waals surface area contributed by atoms with Gasteiger partial charge in [-0.2, -0.15) is 0 Å². The van der Waals surface area contributed by atoms with E-state index in [9.17, 15) is 18.4 Å². The van der Waals surface area contributed by atoms with Crippen LogP contribution in [0.2, 0.25) is 0 Å². The molecule has 2 amide bonds.